The molecule has 3 aromatic rings. The van der Waals surface area contributed by atoms with E-state index in [4.69, 9.17) is 5.11 Å². The molecule has 8 nitrogen and oxygen atoms in total. The highest BCUT2D eigenvalue weighted by atomic mass is 19.1. The fraction of sp³-hybridized carbons (Fsp3) is 0.227. The van der Waals surface area contributed by atoms with Crippen molar-refractivity contribution >= 4 is 17.5 Å². The largest absolute Gasteiger partial charge is 0.508 e. The van der Waals surface area contributed by atoms with Gasteiger partial charge in [-0.25, -0.2) is 9.07 Å². The first kappa shape index (κ1) is 20.5. The molecule has 1 aromatic heterocycles. The van der Waals surface area contributed by atoms with Crippen LogP contribution in [-0.2, 0) is 11.2 Å². The molecule has 1 amide bonds. The fourth-order valence-corrected chi connectivity index (χ4v) is 3.57. The van der Waals surface area contributed by atoms with Crippen LogP contribution in [0.5, 0.6) is 5.75 Å². The second-order valence-corrected chi connectivity index (χ2v) is 7.25. The summed E-state index contributed by atoms with van der Waals surface area (Å²) in [7, 11) is 0. The van der Waals surface area contributed by atoms with E-state index in [0.717, 1.165) is 0 Å². The van der Waals surface area contributed by atoms with Crippen LogP contribution in [0.1, 0.15) is 30.8 Å². The van der Waals surface area contributed by atoms with Gasteiger partial charge in [0.1, 0.15) is 17.6 Å². The van der Waals surface area contributed by atoms with Crippen LogP contribution in [0, 0.1) is 5.82 Å². The Morgan fingerprint density at radius 2 is 2.03 bits per heavy atom. The van der Waals surface area contributed by atoms with Gasteiger partial charge in [-0.1, -0.05) is 12.1 Å². The van der Waals surface area contributed by atoms with Crippen LogP contribution in [0.15, 0.2) is 59.8 Å². The van der Waals surface area contributed by atoms with Gasteiger partial charge in [0.2, 0.25) is 5.95 Å². The molecule has 0 radical (unpaired) electrons. The first-order chi connectivity index (χ1) is 15.0. The summed E-state index contributed by atoms with van der Waals surface area (Å²) in [5, 5.41) is 29.6. The van der Waals surface area contributed by atoms with Gasteiger partial charge in [-0.05, 0) is 55.3 Å². The van der Waals surface area contributed by atoms with Crippen LogP contribution in [0.2, 0.25) is 0 Å². The molecule has 1 aliphatic rings. The quantitative estimate of drug-likeness (QED) is 0.485. The van der Waals surface area contributed by atoms with Crippen molar-refractivity contribution in [1.82, 2.24) is 14.8 Å². The average Bonchev–Trinajstić information content (AvgIpc) is 3.15. The van der Waals surface area contributed by atoms with Crippen molar-refractivity contribution in [2.75, 3.05) is 17.2 Å². The number of phenolic OH excluding ortho intramolecular Hbond substituents is 1. The molecule has 0 saturated heterocycles. The van der Waals surface area contributed by atoms with Gasteiger partial charge in [0, 0.05) is 24.4 Å². The van der Waals surface area contributed by atoms with Crippen molar-refractivity contribution in [3.63, 3.8) is 0 Å². The average molecular weight is 423 g/mol. The third-order valence-corrected chi connectivity index (χ3v) is 4.99. The Balaban J connectivity index is 1.75. The second kappa shape index (κ2) is 8.57. The Bertz CT molecular complexity index is 1140. The molecular weight excluding hydrogens is 401 g/mol. The lowest BCUT2D eigenvalue weighted by atomic mass is 9.95. The number of nitrogens with zero attached hydrogens (tertiary/aromatic N) is 3. The minimum atomic E-state index is -0.640. The first-order valence-electron chi connectivity index (χ1n) is 9.86. The summed E-state index contributed by atoms with van der Waals surface area (Å²) in [6.07, 6.45) is 1.01. The molecule has 0 saturated carbocycles. The summed E-state index contributed by atoms with van der Waals surface area (Å²) in [6, 6.07) is 11.5. The first-order valence-corrected chi connectivity index (χ1v) is 9.86. The zero-order chi connectivity index (χ0) is 22.0. The number of hydrogen-bond donors (Lipinski definition) is 4. The number of allylic oxidation sites excluding steroid dienone is 1. The monoisotopic (exact) mass is 423 g/mol. The molecule has 4 rings (SSSR count). The minimum absolute atomic E-state index is 0.0237. The molecule has 1 aliphatic heterocycles. The predicted molar refractivity (Wildman–Crippen MR) is 113 cm³/mol. The second-order valence-electron chi connectivity index (χ2n) is 7.25. The molecule has 2 heterocycles. The highest BCUT2D eigenvalue weighted by Gasteiger charge is 2.34. The van der Waals surface area contributed by atoms with Crippen LogP contribution in [0.3, 0.4) is 0 Å². The summed E-state index contributed by atoms with van der Waals surface area (Å²) in [6.45, 7) is 1.79. The lowest BCUT2D eigenvalue weighted by molar-refractivity contribution is -0.113. The van der Waals surface area contributed by atoms with E-state index in [1.165, 1.54) is 24.3 Å². The highest BCUT2D eigenvalue weighted by molar-refractivity contribution is 6.06. The van der Waals surface area contributed by atoms with Gasteiger partial charge < -0.3 is 20.8 Å². The van der Waals surface area contributed by atoms with Gasteiger partial charge in [0.15, 0.2) is 5.82 Å². The Labute approximate surface area is 178 Å². The van der Waals surface area contributed by atoms with Gasteiger partial charge in [-0.15, -0.1) is 0 Å². The van der Waals surface area contributed by atoms with Crippen LogP contribution >= 0.6 is 0 Å². The Morgan fingerprint density at radius 3 is 2.74 bits per heavy atom. The Morgan fingerprint density at radius 1 is 1.26 bits per heavy atom. The molecule has 9 heteroatoms. The van der Waals surface area contributed by atoms with Gasteiger partial charge >= 0.3 is 0 Å². The molecule has 4 N–H and O–H groups in total. The van der Waals surface area contributed by atoms with Crippen LogP contribution < -0.4 is 10.6 Å². The van der Waals surface area contributed by atoms with Crippen molar-refractivity contribution in [2.24, 2.45) is 0 Å². The smallest absolute Gasteiger partial charge is 0.255 e. The number of nitrogens with one attached hydrogen (secondary N) is 2. The van der Waals surface area contributed by atoms with Crippen LogP contribution in [0.4, 0.5) is 16.0 Å². The third-order valence-electron chi connectivity index (χ3n) is 4.99. The molecular formula is C22H22FN5O3. The fourth-order valence-electron chi connectivity index (χ4n) is 3.57. The van der Waals surface area contributed by atoms with Gasteiger partial charge in [0.05, 0.1) is 5.57 Å². The van der Waals surface area contributed by atoms with Gasteiger partial charge in [-0.2, -0.15) is 10.1 Å². The normalized spacial score (nSPS) is 15.4. The Kier molecular flexibility index (Phi) is 5.68. The number of carbonyl (C=O) groups excluding carboxylic acids is 1. The molecule has 0 bridgehead atoms. The molecule has 1 atom stereocenters. The van der Waals surface area contributed by atoms with E-state index in [1.54, 1.807) is 35.9 Å². The predicted octanol–water partition coefficient (Wildman–Crippen LogP) is 2.98. The zero-order valence-electron chi connectivity index (χ0n) is 16.8. The topological polar surface area (TPSA) is 112 Å². The van der Waals surface area contributed by atoms with Crippen molar-refractivity contribution in [1.29, 1.82) is 0 Å². The number of carbonyl (C=O) groups is 1. The maximum absolute atomic E-state index is 13.3. The van der Waals surface area contributed by atoms with E-state index in [9.17, 15) is 14.3 Å². The van der Waals surface area contributed by atoms with Crippen molar-refractivity contribution in [2.45, 2.75) is 25.8 Å². The number of anilines is 2. The number of aromatic nitrogens is 3. The molecule has 0 aliphatic carbocycles. The molecule has 2 aromatic carbocycles. The number of fused-ring (bicyclic) bond motifs is 1. The number of phenols is 1. The van der Waals surface area contributed by atoms with Crippen molar-refractivity contribution < 1.29 is 19.4 Å². The van der Waals surface area contributed by atoms with E-state index in [1.807, 2.05) is 0 Å². The maximum Gasteiger partial charge on any atom is 0.255 e. The van der Waals surface area contributed by atoms with Crippen molar-refractivity contribution in [3.8, 4) is 5.75 Å². The number of aryl methyl sites for hydroxylation is 1. The molecule has 0 spiro atoms. The highest BCUT2D eigenvalue weighted by Crippen LogP contribution is 2.36. The number of benzene rings is 2. The number of hydrogen-bond acceptors (Lipinski definition) is 6. The van der Waals surface area contributed by atoms with Gasteiger partial charge in [-0.3, -0.25) is 4.79 Å². The number of amides is 1. The summed E-state index contributed by atoms with van der Waals surface area (Å²) in [5.74, 6) is 0.289. The van der Waals surface area contributed by atoms with E-state index in [0.29, 0.717) is 47.1 Å². The lowest BCUT2D eigenvalue weighted by Crippen LogP contribution is -2.31. The van der Waals surface area contributed by atoms with E-state index in [-0.39, 0.29) is 18.3 Å². The number of aliphatic hydroxyl groups excluding tert-OH is 1. The number of rotatable bonds is 6. The van der Waals surface area contributed by atoms with Crippen LogP contribution in [0.25, 0.3) is 0 Å². The molecule has 0 fully saturated rings. The minimum Gasteiger partial charge on any atom is -0.508 e. The SMILES string of the molecule is CC1=C(C(=O)Nc2ccc(F)cc2)C(c2cccc(O)c2)n2nc(CCCO)nc2N1. The van der Waals surface area contributed by atoms with Gasteiger partial charge in [0.25, 0.3) is 5.91 Å². The van der Waals surface area contributed by atoms with Crippen molar-refractivity contribution in [3.05, 3.63) is 77.0 Å². The number of aliphatic hydroxyl groups is 1. The van der Waals surface area contributed by atoms with E-state index in [2.05, 4.69) is 20.7 Å². The Hall–Kier alpha value is -3.72. The summed E-state index contributed by atoms with van der Waals surface area (Å²) in [4.78, 5) is 17.7. The number of halogens is 1. The summed E-state index contributed by atoms with van der Waals surface area (Å²) < 4.78 is 14.8. The molecule has 1 unspecified atom stereocenters. The summed E-state index contributed by atoms with van der Waals surface area (Å²) >= 11 is 0. The zero-order valence-corrected chi connectivity index (χ0v) is 16.8. The van der Waals surface area contributed by atoms with E-state index >= 15 is 0 Å². The number of aromatic hydroxyl groups is 1. The lowest BCUT2D eigenvalue weighted by Gasteiger charge is -2.28. The van der Waals surface area contributed by atoms with E-state index < -0.39 is 11.9 Å². The van der Waals surface area contributed by atoms with Crippen LogP contribution in [-0.4, -0.2) is 37.5 Å². The standard InChI is InChI=1S/C22H22FN5O3/c1-13-19(21(31)25-16-9-7-15(23)8-10-16)20(14-4-2-5-17(30)12-14)28-22(24-13)26-18(27-28)6-3-11-29/h2,4-5,7-10,12,20,29-30H,3,6,11H2,1H3,(H,25,31)(H,24,26,27). The maximum atomic E-state index is 13.3. The third kappa shape index (κ3) is 4.26. The summed E-state index contributed by atoms with van der Waals surface area (Å²) in [5.41, 5.74) is 2.09. The molecule has 160 valence electrons. The molecule has 31 heavy (non-hydrogen) atoms.